The molecule has 0 bridgehead atoms. The van der Waals surface area contributed by atoms with Crippen LogP contribution in [-0.2, 0) is 16.0 Å². The summed E-state index contributed by atoms with van der Waals surface area (Å²) >= 11 is 0. The molecule has 2 aliphatic rings. The van der Waals surface area contributed by atoms with Crippen LogP contribution in [0.4, 0.5) is 0 Å². The van der Waals surface area contributed by atoms with Crippen LogP contribution in [0.5, 0.6) is 0 Å². The maximum Gasteiger partial charge on any atom is 0.226 e. The fourth-order valence-electron chi connectivity index (χ4n) is 3.56. The fourth-order valence-corrected chi connectivity index (χ4v) is 3.56. The zero-order valence-corrected chi connectivity index (χ0v) is 14.5. The summed E-state index contributed by atoms with van der Waals surface area (Å²) in [5.74, 6) is 1.50. The molecule has 1 aliphatic carbocycles. The number of amides is 2. The number of rotatable bonds is 6. The van der Waals surface area contributed by atoms with Gasteiger partial charge in [0.05, 0.1) is 6.42 Å². The summed E-state index contributed by atoms with van der Waals surface area (Å²) in [6.07, 6.45) is 5.47. The topological polar surface area (TPSA) is 49.4 Å². The van der Waals surface area contributed by atoms with Gasteiger partial charge in [-0.15, -0.1) is 0 Å². The first-order valence-corrected chi connectivity index (χ1v) is 9.23. The fraction of sp³-hybridized carbons (Fsp3) is 0.600. The van der Waals surface area contributed by atoms with Crippen LogP contribution in [0.1, 0.15) is 44.6 Å². The summed E-state index contributed by atoms with van der Waals surface area (Å²) in [5, 5.41) is 3.14. The van der Waals surface area contributed by atoms with E-state index in [1.807, 2.05) is 35.2 Å². The van der Waals surface area contributed by atoms with Gasteiger partial charge in [-0.25, -0.2) is 0 Å². The Kier molecular flexibility index (Phi) is 5.54. The minimum atomic E-state index is 0.184. The molecule has 1 heterocycles. The Morgan fingerprint density at radius 1 is 1.12 bits per heavy atom. The van der Waals surface area contributed by atoms with E-state index in [1.165, 1.54) is 12.8 Å². The molecule has 1 saturated carbocycles. The molecule has 1 atom stereocenters. The number of nitrogens with one attached hydrogen (secondary N) is 1. The average molecular weight is 328 g/mol. The zero-order valence-electron chi connectivity index (χ0n) is 14.5. The molecule has 130 valence electrons. The smallest absolute Gasteiger partial charge is 0.226 e. The van der Waals surface area contributed by atoms with Crippen LogP contribution >= 0.6 is 0 Å². The highest BCUT2D eigenvalue weighted by Gasteiger charge is 2.30. The van der Waals surface area contributed by atoms with Crippen molar-refractivity contribution < 1.29 is 9.59 Å². The Labute approximate surface area is 144 Å². The SMILES string of the molecule is CC(NC(=O)CC1CCN(C(=O)Cc2ccccc2)CC1)C1CC1. The Balaban J connectivity index is 1.38. The molecule has 24 heavy (non-hydrogen) atoms. The standard InChI is InChI=1S/C20H28N2O2/c1-15(18-7-8-18)21-19(23)13-17-9-11-22(12-10-17)20(24)14-16-5-3-2-4-6-16/h2-6,15,17-18H,7-14H2,1H3,(H,21,23). The minimum Gasteiger partial charge on any atom is -0.353 e. The quantitative estimate of drug-likeness (QED) is 0.873. The van der Waals surface area contributed by atoms with Gasteiger partial charge in [0.2, 0.25) is 11.8 Å². The minimum absolute atomic E-state index is 0.184. The van der Waals surface area contributed by atoms with E-state index in [1.54, 1.807) is 0 Å². The number of benzene rings is 1. The van der Waals surface area contributed by atoms with Crippen molar-refractivity contribution >= 4 is 11.8 Å². The molecule has 2 fully saturated rings. The van der Waals surface area contributed by atoms with E-state index < -0.39 is 0 Å². The third-order valence-electron chi connectivity index (χ3n) is 5.36. The van der Waals surface area contributed by atoms with Crippen molar-refractivity contribution in [3.63, 3.8) is 0 Å². The maximum absolute atomic E-state index is 12.4. The zero-order chi connectivity index (χ0) is 16.9. The summed E-state index contributed by atoms with van der Waals surface area (Å²) < 4.78 is 0. The lowest BCUT2D eigenvalue weighted by Crippen LogP contribution is -2.41. The number of nitrogens with zero attached hydrogens (tertiary/aromatic N) is 1. The van der Waals surface area contributed by atoms with Crippen LogP contribution in [0.25, 0.3) is 0 Å². The molecule has 4 nitrogen and oxygen atoms in total. The number of hydrogen-bond acceptors (Lipinski definition) is 2. The van der Waals surface area contributed by atoms with Gasteiger partial charge in [-0.1, -0.05) is 30.3 Å². The Hall–Kier alpha value is -1.84. The molecule has 1 aliphatic heterocycles. The number of piperidine rings is 1. The molecule has 3 rings (SSSR count). The largest absolute Gasteiger partial charge is 0.353 e. The van der Waals surface area contributed by atoms with Crippen LogP contribution in [0, 0.1) is 11.8 Å². The van der Waals surface area contributed by atoms with Crippen LogP contribution in [0.3, 0.4) is 0 Å². The van der Waals surface area contributed by atoms with E-state index in [4.69, 9.17) is 0 Å². The predicted octanol–water partition coefficient (Wildman–Crippen LogP) is 2.77. The van der Waals surface area contributed by atoms with Crippen LogP contribution < -0.4 is 5.32 Å². The van der Waals surface area contributed by atoms with Crippen molar-refractivity contribution in [2.24, 2.45) is 11.8 Å². The number of carbonyl (C=O) groups is 2. The summed E-state index contributed by atoms with van der Waals surface area (Å²) in [4.78, 5) is 26.4. The highest BCUT2D eigenvalue weighted by atomic mass is 16.2. The van der Waals surface area contributed by atoms with Gasteiger partial charge in [-0.3, -0.25) is 9.59 Å². The number of carbonyl (C=O) groups excluding carboxylic acids is 2. The highest BCUT2D eigenvalue weighted by molar-refractivity contribution is 5.79. The lowest BCUT2D eigenvalue weighted by Gasteiger charge is -2.32. The molecule has 0 radical (unpaired) electrons. The highest BCUT2D eigenvalue weighted by Crippen LogP contribution is 2.32. The molecular weight excluding hydrogens is 300 g/mol. The average Bonchev–Trinajstić information content (AvgIpc) is 3.41. The molecule has 4 heteroatoms. The second-order valence-corrected chi connectivity index (χ2v) is 7.38. The summed E-state index contributed by atoms with van der Waals surface area (Å²) in [6.45, 7) is 3.67. The van der Waals surface area contributed by atoms with Crippen molar-refractivity contribution in [3.8, 4) is 0 Å². The van der Waals surface area contributed by atoms with Gasteiger partial charge >= 0.3 is 0 Å². The molecule has 2 amide bonds. The molecule has 1 aromatic rings. The Morgan fingerprint density at radius 3 is 2.42 bits per heavy atom. The van der Waals surface area contributed by atoms with Crippen molar-refractivity contribution in [3.05, 3.63) is 35.9 Å². The van der Waals surface area contributed by atoms with Crippen LogP contribution in [-0.4, -0.2) is 35.8 Å². The number of hydrogen-bond donors (Lipinski definition) is 1. The monoisotopic (exact) mass is 328 g/mol. The first-order chi connectivity index (χ1) is 11.6. The summed E-state index contributed by atoms with van der Waals surface area (Å²) in [5.41, 5.74) is 1.07. The third-order valence-corrected chi connectivity index (χ3v) is 5.36. The molecule has 1 aromatic carbocycles. The van der Waals surface area contributed by atoms with Gasteiger partial charge < -0.3 is 10.2 Å². The van der Waals surface area contributed by atoms with Crippen molar-refractivity contribution in [1.82, 2.24) is 10.2 Å². The van der Waals surface area contributed by atoms with E-state index >= 15 is 0 Å². The van der Waals surface area contributed by atoms with Gasteiger partial charge in [-0.2, -0.15) is 0 Å². The van der Waals surface area contributed by atoms with Crippen LogP contribution in [0.2, 0.25) is 0 Å². The van der Waals surface area contributed by atoms with E-state index in [-0.39, 0.29) is 11.8 Å². The van der Waals surface area contributed by atoms with Gasteiger partial charge in [0.1, 0.15) is 0 Å². The molecule has 1 saturated heterocycles. The van der Waals surface area contributed by atoms with Gasteiger partial charge in [0.15, 0.2) is 0 Å². The van der Waals surface area contributed by atoms with Crippen molar-refractivity contribution in [2.75, 3.05) is 13.1 Å². The lowest BCUT2D eigenvalue weighted by atomic mass is 9.92. The summed E-state index contributed by atoms with van der Waals surface area (Å²) in [6, 6.07) is 10.2. The third kappa shape index (κ3) is 4.83. The normalized spacial score (nSPS) is 19.8. The van der Waals surface area contributed by atoms with Gasteiger partial charge in [0, 0.05) is 25.6 Å². The van der Waals surface area contributed by atoms with Gasteiger partial charge in [-0.05, 0) is 50.0 Å². The first kappa shape index (κ1) is 17.0. The Bertz CT molecular complexity index is 560. The summed E-state index contributed by atoms with van der Waals surface area (Å²) in [7, 11) is 0. The first-order valence-electron chi connectivity index (χ1n) is 9.23. The predicted molar refractivity (Wildman–Crippen MR) is 94.4 cm³/mol. The second kappa shape index (κ2) is 7.82. The van der Waals surface area contributed by atoms with Crippen LogP contribution in [0.15, 0.2) is 30.3 Å². The molecule has 1 unspecified atom stereocenters. The second-order valence-electron chi connectivity index (χ2n) is 7.38. The van der Waals surface area contributed by atoms with Crippen molar-refractivity contribution in [1.29, 1.82) is 0 Å². The molecule has 0 spiro atoms. The van der Waals surface area contributed by atoms with E-state index in [0.29, 0.717) is 30.7 Å². The van der Waals surface area contributed by atoms with E-state index in [2.05, 4.69) is 12.2 Å². The molecular formula is C20H28N2O2. The molecule has 0 aromatic heterocycles. The van der Waals surface area contributed by atoms with E-state index in [9.17, 15) is 9.59 Å². The van der Waals surface area contributed by atoms with Crippen molar-refractivity contribution in [2.45, 2.75) is 51.5 Å². The number of likely N-dealkylation sites (tertiary alicyclic amines) is 1. The molecule has 1 N–H and O–H groups in total. The van der Waals surface area contributed by atoms with E-state index in [0.717, 1.165) is 31.5 Å². The maximum atomic E-state index is 12.4. The van der Waals surface area contributed by atoms with Gasteiger partial charge in [0.25, 0.3) is 0 Å². The Morgan fingerprint density at radius 2 is 1.79 bits per heavy atom. The lowest BCUT2D eigenvalue weighted by molar-refractivity contribution is -0.132.